The number of nitrogens with one attached hydrogen (secondary N) is 1. The van der Waals surface area contributed by atoms with Gasteiger partial charge < -0.3 is 10.5 Å². The lowest BCUT2D eigenvalue weighted by molar-refractivity contribution is -0.129. The molecule has 1 heterocycles. The number of hydrogen-bond acceptors (Lipinski definition) is 5. The molecule has 0 aromatic carbocycles. The fraction of sp³-hybridized carbons (Fsp3) is 0.250. The molecule has 11 heavy (non-hydrogen) atoms. The Morgan fingerprint density at radius 2 is 2.27 bits per heavy atom. The van der Waals surface area contributed by atoms with Gasteiger partial charge in [-0.2, -0.15) is 13.5 Å². The van der Waals surface area contributed by atoms with Crippen molar-refractivity contribution in [3.63, 3.8) is 0 Å². The number of nitrogens with zero attached hydrogens (tertiary/aromatic N) is 1. The Kier molecular flexibility index (Phi) is 1.90. The second-order valence-electron chi connectivity index (χ2n) is 1.76. The van der Waals surface area contributed by atoms with Crippen LogP contribution in [-0.2, 0) is 15.1 Å². The summed E-state index contributed by atoms with van der Waals surface area (Å²) in [6, 6.07) is 0. The summed E-state index contributed by atoms with van der Waals surface area (Å²) in [5.41, 5.74) is 1.83. The number of hydrazone groups is 1. The molecule has 0 radical (unpaired) electrons. The quantitative estimate of drug-likeness (QED) is 0.454. The molecule has 2 N–H and O–H groups in total. The van der Waals surface area contributed by atoms with Crippen molar-refractivity contribution in [1.29, 1.82) is 0 Å². The molecule has 0 aromatic rings. The predicted molar refractivity (Wildman–Crippen MR) is 37.0 cm³/mol. The van der Waals surface area contributed by atoms with Gasteiger partial charge in [0.15, 0.2) is 5.71 Å². The summed E-state index contributed by atoms with van der Waals surface area (Å²) in [5.74, 6) is -1.34. The highest BCUT2D eigenvalue weighted by molar-refractivity contribution is 7.75. The number of aliphatic carboxylic acids is 1. The van der Waals surface area contributed by atoms with E-state index in [4.69, 9.17) is 5.11 Å². The van der Waals surface area contributed by atoms with E-state index in [0.717, 1.165) is 0 Å². The van der Waals surface area contributed by atoms with Crippen LogP contribution in [0.1, 0.15) is 0 Å². The van der Waals surface area contributed by atoms with E-state index in [1.165, 1.54) is 0 Å². The molecule has 0 spiro atoms. The van der Waals surface area contributed by atoms with E-state index in [-0.39, 0.29) is 11.4 Å². The smallest absolute Gasteiger partial charge is 0.357 e. The summed E-state index contributed by atoms with van der Waals surface area (Å²) in [6.45, 7) is -0.0439. The van der Waals surface area contributed by atoms with E-state index in [1.54, 1.807) is 0 Å². The van der Waals surface area contributed by atoms with Crippen molar-refractivity contribution in [1.82, 2.24) is 5.43 Å². The van der Waals surface area contributed by atoms with Gasteiger partial charge in [0.2, 0.25) is 10.3 Å². The Labute approximate surface area is 63.1 Å². The van der Waals surface area contributed by atoms with Gasteiger partial charge in [-0.1, -0.05) is 0 Å². The van der Waals surface area contributed by atoms with Crippen LogP contribution < -0.4 is 5.43 Å². The second-order valence-corrected chi connectivity index (χ2v) is 2.72. The first-order chi connectivity index (χ1) is 5.13. The number of rotatable bonds is 1. The Morgan fingerprint density at radius 1 is 1.64 bits per heavy atom. The van der Waals surface area contributed by atoms with E-state index < -0.39 is 22.0 Å². The van der Waals surface area contributed by atoms with Gasteiger partial charge in [-0.25, -0.2) is 4.79 Å². The van der Waals surface area contributed by atoms with Crippen molar-refractivity contribution < 1.29 is 18.3 Å². The third kappa shape index (κ3) is 1.37. The topological polar surface area (TPSA) is 95.8 Å². The van der Waals surface area contributed by atoms with E-state index in [2.05, 4.69) is 10.5 Å². The largest absolute Gasteiger partial charge is 0.476 e. The van der Waals surface area contributed by atoms with E-state index >= 15 is 0 Å². The number of hydrogen-bond donors (Lipinski definition) is 2. The lowest BCUT2D eigenvalue weighted by atomic mass is 10.3. The molecule has 6 nitrogen and oxygen atoms in total. The zero-order chi connectivity index (χ0) is 8.43. The molecule has 0 aliphatic carbocycles. The fourth-order valence-corrected chi connectivity index (χ4v) is 1.11. The van der Waals surface area contributed by atoms with Crippen LogP contribution >= 0.6 is 0 Å². The Morgan fingerprint density at radius 3 is 2.64 bits per heavy atom. The Balaban J connectivity index is 3.18. The van der Waals surface area contributed by atoms with Crippen molar-refractivity contribution in [3.8, 4) is 0 Å². The van der Waals surface area contributed by atoms with Gasteiger partial charge >= 0.3 is 5.97 Å². The van der Waals surface area contributed by atoms with Gasteiger partial charge in [-0.05, 0) is 0 Å². The average Bonchev–Trinajstić information content (AvgIpc) is 2.32. The Hall–Kier alpha value is -1.37. The Bertz CT molecular complexity index is 344. The van der Waals surface area contributed by atoms with Crippen molar-refractivity contribution in [2.24, 2.45) is 5.10 Å². The first-order valence-corrected chi connectivity index (χ1v) is 3.69. The summed E-state index contributed by atoms with van der Waals surface area (Å²) in [7, 11) is -2.50. The molecular formula is C4H4N2O4S. The SMILES string of the molecule is O=C(O)C1=NNCC1=S(=O)=O. The summed E-state index contributed by atoms with van der Waals surface area (Å²) >= 11 is 0. The molecule has 0 saturated carbocycles. The molecule has 0 amide bonds. The number of carboxylic acids is 1. The normalized spacial score (nSPS) is 15.6. The third-order valence-electron chi connectivity index (χ3n) is 1.10. The summed E-state index contributed by atoms with van der Waals surface area (Å²) in [4.78, 5) is 10.0. The second kappa shape index (κ2) is 2.70. The standard InChI is InChI=1S/C4H4N2O4S/c7-4(8)3-2(11(9)10)1-5-6-3/h5H,1H2,(H,7,8). The van der Waals surface area contributed by atoms with Crippen LogP contribution in [0.2, 0.25) is 0 Å². The molecule has 7 heteroatoms. The van der Waals surface area contributed by atoms with Crippen molar-refractivity contribution in [2.45, 2.75) is 0 Å². The van der Waals surface area contributed by atoms with Crippen LogP contribution in [0.3, 0.4) is 0 Å². The van der Waals surface area contributed by atoms with Crippen molar-refractivity contribution >= 4 is 26.8 Å². The highest BCUT2D eigenvalue weighted by atomic mass is 32.2. The molecule has 1 aliphatic heterocycles. The van der Waals surface area contributed by atoms with Gasteiger partial charge in [-0.15, -0.1) is 0 Å². The highest BCUT2D eigenvalue weighted by Gasteiger charge is 2.23. The average molecular weight is 176 g/mol. The molecule has 1 aliphatic rings. The molecule has 0 bridgehead atoms. The fourth-order valence-electron chi connectivity index (χ4n) is 0.641. The van der Waals surface area contributed by atoms with Crippen LogP contribution in [0, 0.1) is 0 Å². The highest BCUT2D eigenvalue weighted by Crippen LogP contribution is 1.89. The molecule has 60 valence electrons. The minimum Gasteiger partial charge on any atom is -0.476 e. The lowest BCUT2D eigenvalue weighted by Gasteiger charge is -1.85. The van der Waals surface area contributed by atoms with E-state index in [9.17, 15) is 13.2 Å². The van der Waals surface area contributed by atoms with Crippen molar-refractivity contribution in [3.05, 3.63) is 0 Å². The molecule has 1 rings (SSSR count). The van der Waals surface area contributed by atoms with Gasteiger partial charge in [0, 0.05) is 0 Å². The lowest BCUT2D eigenvalue weighted by Crippen LogP contribution is -2.23. The van der Waals surface area contributed by atoms with Crippen molar-refractivity contribution in [2.75, 3.05) is 6.54 Å². The van der Waals surface area contributed by atoms with Gasteiger partial charge in [0.25, 0.3) is 0 Å². The van der Waals surface area contributed by atoms with E-state index in [1.807, 2.05) is 0 Å². The first-order valence-electron chi connectivity index (χ1n) is 2.62. The van der Waals surface area contributed by atoms with Crippen LogP contribution in [0.15, 0.2) is 5.10 Å². The maximum Gasteiger partial charge on any atom is 0.357 e. The van der Waals surface area contributed by atoms with Crippen LogP contribution in [0.4, 0.5) is 0 Å². The molecule has 0 atom stereocenters. The molecule has 0 aromatic heterocycles. The minimum absolute atomic E-state index is 0.0439. The maximum absolute atomic E-state index is 10.3. The molecule has 0 unspecified atom stereocenters. The van der Waals surface area contributed by atoms with Crippen LogP contribution in [0.25, 0.3) is 0 Å². The molecular weight excluding hydrogens is 172 g/mol. The van der Waals surface area contributed by atoms with Gasteiger partial charge in [-0.3, -0.25) is 0 Å². The number of carboxylic acid groups (broad SMARTS) is 1. The first kappa shape index (κ1) is 7.73. The summed E-state index contributed by atoms with van der Waals surface area (Å²) < 4.78 is 20.6. The van der Waals surface area contributed by atoms with E-state index in [0.29, 0.717) is 0 Å². The zero-order valence-electron chi connectivity index (χ0n) is 5.23. The zero-order valence-corrected chi connectivity index (χ0v) is 6.05. The van der Waals surface area contributed by atoms with Crippen LogP contribution in [-0.4, -0.2) is 36.6 Å². The summed E-state index contributed by atoms with van der Waals surface area (Å²) in [5, 5.41) is 11.6. The van der Waals surface area contributed by atoms with Crippen LogP contribution in [0.5, 0.6) is 0 Å². The minimum atomic E-state index is -2.50. The van der Waals surface area contributed by atoms with Gasteiger partial charge in [0.1, 0.15) is 4.86 Å². The third-order valence-corrected chi connectivity index (χ3v) is 1.84. The molecule has 0 saturated heterocycles. The monoisotopic (exact) mass is 176 g/mol. The number of carbonyl (C=O) groups is 1. The summed E-state index contributed by atoms with van der Waals surface area (Å²) in [6.07, 6.45) is 0. The molecule has 0 fully saturated rings. The predicted octanol–water partition coefficient (Wildman–Crippen LogP) is -1.92. The maximum atomic E-state index is 10.3. The van der Waals surface area contributed by atoms with Gasteiger partial charge in [0.05, 0.1) is 6.54 Å².